The predicted octanol–water partition coefficient (Wildman–Crippen LogP) is 1.49. The minimum atomic E-state index is 0.584. The van der Waals surface area contributed by atoms with Gasteiger partial charge in [0.1, 0.15) is 0 Å². The zero-order valence-electron chi connectivity index (χ0n) is 6.92. The van der Waals surface area contributed by atoms with E-state index >= 15 is 0 Å². The minimum Gasteiger partial charge on any atom is -0.393 e. The Hall–Kier alpha value is -0.120. The molecule has 2 nitrogen and oxygen atoms in total. The molecule has 1 rings (SSSR count). The van der Waals surface area contributed by atoms with Gasteiger partial charge in [0.05, 0.1) is 4.99 Å². The summed E-state index contributed by atoms with van der Waals surface area (Å²) in [5, 5.41) is 0.934. The molecule has 0 aromatic heterocycles. The number of hydrogen-bond donors (Lipinski definition) is 1. The molecule has 0 saturated carbocycles. The molecular formula is C8H13ClN2S. The average molecular weight is 205 g/mol. The second kappa shape index (κ2) is 4.80. The first kappa shape index (κ1) is 9.96. The number of hydrogen-bond acceptors (Lipinski definition) is 2. The van der Waals surface area contributed by atoms with Gasteiger partial charge in [-0.25, -0.2) is 0 Å². The van der Waals surface area contributed by atoms with Crippen molar-refractivity contribution < 1.29 is 0 Å². The molecule has 68 valence electrons. The Morgan fingerprint density at radius 3 is 3.08 bits per heavy atom. The number of nitrogens with two attached hydrogens (primary N) is 1. The van der Waals surface area contributed by atoms with E-state index in [1.54, 1.807) is 0 Å². The van der Waals surface area contributed by atoms with Crippen molar-refractivity contribution in [1.82, 2.24) is 4.90 Å². The quantitative estimate of drug-likeness (QED) is 0.707. The van der Waals surface area contributed by atoms with Crippen LogP contribution in [0.1, 0.15) is 12.8 Å². The lowest BCUT2D eigenvalue weighted by Gasteiger charge is -2.24. The maximum absolute atomic E-state index is 5.88. The summed E-state index contributed by atoms with van der Waals surface area (Å²) in [6.07, 6.45) is 3.90. The SMILES string of the molecule is NC(=S)CCN1CCC=C(Cl)C1. The van der Waals surface area contributed by atoms with Crippen LogP contribution >= 0.6 is 23.8 Å². The molecule has 0 aliphatic carbocycles. The van der Waals surface area contributed by atoms with E-state index < -0.39 is 0 Å². The Balaban J connectivity index is 2.26. The molecule has 1 aliphatic heterocycles. The van der Waals surface area contributed by atoms with E-state index in [0.29, 0.717) is 4.99 Å². The van der Waals surface area contributed by atoms with E-state index in [2.05, 4.69) is 11.0 Å². The van der Waals surface area contributed by atoms with Crippen molar-refractivity contribution in [3.8, 4) is 0 Å². The molecule has 0 radical (unpaired) electrons. The Kier molecular flexibility index (Phi) is 3.98. The fourth-order valence-corrected chi connectivity index (χ4v) is 1.59. The lowest BCUT2D eigenvalue weighted by Crippen LogP contribution is -2.31. The van der Waals surface area contributed by atoms with Gasteiger partial charge in [-0.2, -0.15) is 0 Å². The highest BCUT2D eigenvalue weighted by molar-refractivity contribution is 7.80. The van der Waals surface area contributed by atoms with Crippen molar-refractivity contribution in [2.75, 3.05) is 19.6 Å². The Morgan fingerprint density at radius 1 is 1.75 bits per heavy atom. The van der Waals surface area contributed by atoms with E-state index in [-0.39, 0.29) is 0 Å². The molecule has 2 N–H and O–H groups in total. The second-order valence-electron chi connectivity index (χ2n) is 2.93. The third-order valence-electron chi connectivity index (χ3n) is 1.86. The average Bonchev–Trinajstić information content (AvgIpc) is 2.01. The first-order valence-corrected chi connectivity index (χ1v) is 4.82. The summed E-state index contributed by atoms with van der Waals surface area (Å²) in [7, 11) is 0. The van der Waals surface area contributed by atoms with E-state index in [9.17, 15) is 0 Å². The summed E-state index contributed by atoms with van der Waals surface area (Å²) in [4.78, 5) is 2.85. The van der Waals surface area contributed by atoms with Crippen LogP contribution in [0.25, 0.3) is 0 Å². The molecule has 0 aromatic rings. The fourth-order valence-electron chi connectivity index (χ4n) is 1.22. The summed E-state index contributed by atoms with van der Waals surface area (Å²) in [6.45, 7) is 2.85. The van der Waals surface area contributed by atoms with E-state index in [0.717, 1.165) is 37.5 Å². The molecule has 12 heavy (non-hydrogen) atoms. The molecule has 0 unspecified atom stereocenters. The molecule has 4 heteroatoms. The summed E-state index contributed by atoms with van der Waals surface area (Å²) >= 11 is 10.7. The minimum absolute atomic E-state index is 0.584. The predicted molar refractivity (Wildman–Crippen MR) is 56.4 cm³/mol. The maximum Gasteiger partial charge on any atom is 0.0740 e. The molecule has 0 fully saturated rings. The first-order chi connectivity index (χ1) is 5.68. The van der Waals surface area contributed by atoms with Gasteiger partial charge >= 0.3 is 0 Å². The third-order valence-corrected chi connectivity index (χ3v) is 2.34. The van der Waals surface area contributed by atoms with Crippen LogP contribution in [0.3, 0.4) is 0 Å². The van der Waals surface area contributed by atoms with Crippen molar-refractivity contribution in [1.29, 1.82) is 0 Å². The van der Waals surface area contributed by atoms with Crippen LogP contribution in [-0.2, 0) is 0 Å². The molecule has 0 amide bonds. The lowest BCUT2D eigenvalue weighted by atomic mass is 10.2. The van der Waals surface area contributed by atoms with Crippen LogP contribution in [0.4, 0.5) is 0 Å². The second-order valence-corrected chi connectivity index (χ2v) is 3.94. The van der Waals surface area contributed by atoms with Gasteiger partial charge in [0.2, 0.25) is 0 Å². The standard InChI is InChI=1S/C8H13ClN2S/c9-7-2-1-4-11(6-7)5-3-8(10)12/h2H,1,3-6H2,(H2,10,12). The zero-order valence-corrected chi connectivity index (χ0v) is 8.50. The summed E-state index contributed by atoms with van der Waals surface area (Å²) in [5.74, 6) is 0. The summed E-state index contributed by atoms with van der Waals surface area (Å²) in [6, 6.07) is 0. The summed E-state index contributed by atoms with van der Waals surface area (Å²) < 4.78 is 0. The zero-order chi connectivity index (χ0) is 8.97. The third kappa shape index (κ3) is 3.52. The van der Waals surface area contributed by atoms with E-state index in [1.807, 2.05) is 0 Å². The summed E-state index contributed by atoms with van der Waals surface area (Å²) in [5.41, 5.74) is 5.40. The van der Waals surface area contributed by atoms with Crippen molar-refractivity contribution in [3.05, 3.63) is 11.1 Å². The molecular weight excluding hydrogens is 192 g/mol. The number of nitrogens with zero attached hydrogens (tertiary/aromatic N) is 1. The van der Waals surface area contributed by atoms with Crippen LogP contribution in [0, 0.1) is 0 Å². The van der Waals surface area contributed by atoms with Crippen LogP contribution in [0.2, 0.25) is 0 Å². The van der Waals surface area contributed by atoms with Gasteiger partial charge < -0.3 is 5.73 Å². The topological polar surface area (TPSA) is 29.3 Å². The lowest BCUT2D eigenvalue weighted by molar-refractivity contribution is 0.305. The molecule has 1 aliphatic rings. The highest BCUT2D eigenvalue weighted by Crippen LogP contribution is 2.12. The number of thiocarbonyl (C=S) groups is 1. The smallest absolute Gasteiger partial charge is 0.0740 e. The fraction of sp³-hybridized carbons (Fsp3) is 0.625. The van der Waals surface area contributed by atoms with Crippen LogP contribution < -0.4 is 5.73 Å². The van der Waals surface area contributed by atoms with Crippen LogP contribution in [0.5, 0.6) is 0 Å². The van der Waals surface area contributed by atoms with Gasteiger partial charge in [0.15, 0.2) is 0 Å². The Labute approximate surface area is 83.4 Å². The Morgan fingerprint density at radius 2 is 2.50 bits per heavy atom. The normalized spacial score (nSPS) is 18.9. The molecule has 0 spiro atoms. The van der Waals surface area contributed by atoms with E-state index in [1.165, 1.54) is 0 Å². The largest absolute Gasteiger partial charge is 0.393 e. The Bertz CT molecular complexity index is 203. The van der Waals surface area contributed by atoms with Gasteiger partial charge in [0, 0.05) is 31.1 Å². The van der Waals surface area contributed by atoms with Gasteiger partial charge in [-0.3, -0.25) is 4.90 Å². The van der Waals surface area contributed by atoms with Gasteiger partial charge in [0.25, 0.3) is 0 Å². The van der Waals surface area contributed by atoms with Crippen molar-refractivity contribution in [2.45, 2.75) is 12.8 Å². The van der Waals surface area contributed by atoms with Gasteiger partial charge in [-0.1, -0.05) is 29.9 Å². The van der Waals surface area contributed by atoms with E-state index in [4.69, 9.17) is 29.6 Å². The first-order valence-electron chi connectivity index (χ1n) is 4.03. The van der Waals surface area contributed by atoms with Crippen LogP contribution in [0.15, 0.2) is 11.1 Å². The number of halogens is 1. The van der Waals surface area contributed by atoms with Crippen molar-refractivity contribution >= 4 is 28.8 Å². The van der Waals surface area contributed by atoms with Gasteiger partial charge in [-0.05, 0) is 6.42 Å². The van der Waals surface area contributed by atoms with Crippen molar-refractivity contribution in [3.63, 3.8) is 0 Å². The number of rotatable bonds is 3. The molecule has 0 bridgehead atoms. The van der Waals surface area contributed by atoms with Crippen molar-refractivity contribution in [2.24, 2.45) is 5.73 Å². The molecule has 0 aromatic carbocycles. The molecule has 1 heterocycles. The maximum atomic E-state index is 5.88. The van der Waals surface area contributed by atoms with Crippen LogP contribution in [-0.4, -0.2) is 29.5 Å². The highest BCUT2D eigenvalue weighted by atomic mass is 35.5. The molecule has 0 atom stereocenters. The molecule has 0 saturated heterocycles. The highest BCUT2D eigenvalue weighted by Gasteiger charge is 2.10. The van der Waals surface area contributed by atoms with Gasteiger partial charge in [-0.15, -0.1) is 0 Å². The monoisotopic (exact) mass is 204 g/mol.